The highest BCUT2D eigenvalue weighted by Gasteiger charge is 2.27. The molecule has 1 aromatic rings. The summed E-state index contributed by atoms with van der Waals surface area (Å²) in [7, 11) is 0. The number of hydrogen-bond donors (Lipinski definition) is 1. The van der Waals surface area contributed by atoms with Gasteiger partial charge < -0.3 is 5.11 Å². The number of nitrogens with zero attached hydrogens (tertiary/aromatic N) is 1. The third-order valence-corrected chi connectivity index (χ3v) is 2.01. The van der Waals surface area contributed by atoms with Crippen LogP contribution in [-0.4, -0.2) is 16.1 Å². The van der Waals surface area contributed by atoms with Gasteiger partial charge in [-0.2, -0.15) is 0 Å². The van der Waals surface area contributed by atoms with Gasteiger partial charge in [0.2, 0.25) is 0 Å². The number of halogens is 1. The van der Waals surface area contributed by atoms with Gasteiger partial charge in [0.1, 0.15) is 11.7 Å². The highest BCUT2D eigenvalue weighted by molar-refractivity contribution is 5.75. The van der Waals surface area contributed by atoms with Gasteiger partial charge in [-0.3, -0.25) is 9.78 Å². The normalized spacial score (nSPS) is 12.9. The lowest BCUT2D eigenvalue weighted by Crippen LogP contribution is -2.20. The maximum atomic E-state index is 13.2. The first-order valence-corrected chi connectivity index (χ1v) is 4.37. The number of hydrogen-bond acceptors (Lipinski definition) is 2. The Balaban J connectivity index is 3.12. The van der Waals surface area contributed by atoms with Crippen molar-refractivity contribution in [3.63, 3.8) is 0 Å². The van der Waals surface area contributed by atoms with Gasteiger partial charge >= 0.3 is 5.97 Å². The lowest BCUT2D eigenvalue weighted by Gasteiger charge is -2.15. The number of aliphatic carboxylic acids is 1. The third kappa shape index (κ3) is 2.07. The second kappa shape index (κ2) is 4.17. The van der Waals surface area contributed by atoms with Crippen LogP contribution in [0.3, 0.4) is 0 Å². The van der Waals surface area contributed by atoms with Crippen LogP contribution in [0.5, 0.6) is 0 Å². The molecule has 0 spiro atoms. The minimum absolute atomic E-state index is 0.00926. The Labute approximate surface area is 81.6 Å². The molecular weight excluding hydrogens is 185 g/mol. The summed E-state index contributed by atoms with van der Waals surface area (Å²) in [6, 6.07) is 2.67. The smallest absolute Gasteiger partial charge is 0.312 e. The molecule has 1 aromatic heterocycles. The van der Waals surface area contributed by atoms with Crippen LogP contribution in [-0.2, 0) is 4.79 Å². The topological polar surface area (TPSA) is 50.2 Å². The van der Waals surface area contributed by atoms with E-state index >= 15 is 0 Å². The molecule has 4 heteroatoms. The van der Waals surface area contributed by atoms with Crippen molar-refractivity contribution in [3.8, 4) is 0 Å². The molecule has 0 aromatic carbocycles. The fourth-order valence-electron chi connectivity index (χ4n) is 1.34. The van der Waals surface area contributed by atoms with Gasteiger partial charge in [-0.1, -0.05) is 13.8 Å². The van der Waals surface area contributed by atoms with E-state index in [0.717, 1.165) is 0 Å². The largest absolute Gasteiger partial charge is 0.481 e. The molecule has 3 nitrogen and oxygen atoms in total. The van der Waals surface area contributed by atoms with Crippen LogP contribution in [0.15, 0.2) is 18.3 Å². The van der Waals surface area contributed by atoms with E-state index in [-0.39, 0.29) is 11.6 Å². The summed E-state index contributed by atoms with van der Waals surface area (Å²) in [5, 5.41) is 8.91. The van der Waals surface area contributed by atoms with E-state index in [0.29, 0.717) is 0 Å². The quantitative estimate of drug-likeness (QED) is 0.806. The predicted molar refractivity (Wildman–Crippen MR) is 49.4 cm³/mol. The second-order valence-corrected chi connectivity index (χ2v) is 3.43. The summed E-state index contributed by atoms with van der Waals surface area (Å²) in [4.78, 5) is 14.7. The number of pyridine rings is 1. The Bertz CT molecular complexity index is 339. The summed E-state index contributed by atoms with van der Waals surface area (Å²) in [5.41, 5.74) is 0.00926. The van der Waals surface area contributed by atoms with E-state index in [9.17, 15) is 9.18 Å². The molecule has 0 aliphatic heterocycles. The molecule has 0 bridgehead atoms. The van der Waals surface area contributed by atoms with Crippen molar-refractivity contribution in [3.05, 3.63) is 29.8 Å². The molecule has 1 N–H and O–H groups in total. The van der Waals surface area contributed by atoms with Crippen molar-refractivity contribution in [2.24, 2.45) is 5.92 Å². The lowest BCUT2D eigenvalue weighted by molar-refractivity contribution is -0.140. The molecule has 76 valence electrons. The first kappa shape index (κ1) is 10.6. The maximum Gasteiger partial charge on any atom is 0.312 e. The van der Waals surface area contributed by atoms with Crippen molar-refractivity contribution >= 4 is 5.97 Å². The molecule has 1 rings (SSSR count). The van der Waals surface area contributed by atoms with Crippen LogP contribution >= 0.6 is 0 Å². The van der Waals surface area contributed by atoms with Gasteiger partial charge in [-0.15, -0.1) is 0 Å². The van der Waals surface area contributed by atoms with Crippen LogP contribution in [0, 0.1) is 11.7 Å². The average molecular weight is 197 g/mol. The zero-order valence-corrected chi connectivity index (χ0v) is 8.07. The molecule has 14 heavy (non-hydrogen) atoms. The SMILES string of the molecule is CC(C)C(C(=O)O)c1ncccc1F. The molecular formula is C10H12FNO2. The first-order valence-electron chi connectivity index (χ1n) is 4.37. The monoisotopic (exact) mass is 197 g/mol. The van der Waals surface area contributed by atoms with Crippen molar-refractivity contribution in [2.45, 2.75) is 19.8 Å². The van der Waals surface area contributed by atoms with Crippen molar-refractivity contribution < 1.29 is 14.3 Å². The van der Waals surface area contributed by atoms with Crippen LogP contribution in [0.1, 0.15) is 25.5 Å². The summed E-state index contributed by atoms with van der Waals surface area (Å²) >= 11 is 0. The van der Waals surface area contributed by atoms with Gasteiger partial charge in [0.25, 0.3) is 0 Å². The van der Waals surface area contributed by atoms with Crippen LogP contribution < -0.4 is 0 Å². The number of rotatable bonds is 3. The fraction of sp³-hybridized carbons (Fsp3) is 0.400. The fourth-order valence-corrected chi connectivity index (χ4v) is 1.34. The second-order valence-electron chi connectivity index (χ2n) is 3.43. The summed E-state index contributed by atoms with van der Waals surface area (Å²) in [6.45, 7) is 3.46. The number of aromatic nitrogens is 1. The summed E-state index contributed by atoms with van der Waals surface area (Å²) < 4.78 is 13.2. The molecule has 0 amide bonds. The molecule has 0 saturated heterocycles. The number of carboxylic acids is 1. The van der Waals surface area contributed by atoms with Crippen molar-refractivity contribution in [1.82, 2.24) is 4.98 Å². The van der Waals surface area contributed by atoms with E-state index in [1.54, 1.807) is 13.8 Å². The summed E-state index contributed by atoms with van der Waals surface area (Å²) in [6.07, 6.45) is 1.40. The van der Waals surface area contributed by atoms with Crippen molar-refractivity contribution in [1.29, 1.82) is 0 Å². The lowest BCUT2D eigenvalue weighted by atomic mass is 9.92. The van der Waals surface area contributed by atoms with Crippen molar-refractivity contribution in [2.75, 3.05) is 0 Å². The minimum atomic E-state index is -1.04. The molecule has 0 aliphatic carbocycles. The average Bonchev–Trinajstić information content (AvgIpc) is 2.07. The Hall–Kier alpha value is -1.45. The van der Waals surface area contributed by atoms with Crippen LogP contribution in [0.4, 0.5) is 4.39 Å². The highest BCUT2D eigenvalue weighted by atomic mass is 19.1. The van der Waals surface area contributed by atoms with Gasteiger partial charge in [0.05, 0.1) is 5.69 Å². The van der Waals surface area contributed by atoms with E-state index in [2.05, 4.69) is 4.98 Å². The zero-order valence-electron chi connectivity index (χ0n) is 8.07. The third-order valence-electron chi connectivity index (χ3n) is 2.01. The molecule has 1 atom stereocenters. The Kier molecular flexibility index (Phi) is 3.17. The van der Waals surface area contributed by atoms with Gasteiger partial charge in [-0.25, -0.2) is 4.39 Å². The standard InChI is InChI=1S/C10H12FNO2/c1-6(2)8(10(13)14)9-7(11)4-3-5-12-9/h3-6,8H,1-2H3,(H,13,14). The van der Waals surface area contributed by atoms with E-state index in [1.807, 2.05) is 0 Å². The Morgan fingerprint density at radius 1 is 1.57 bits per heavy atom. The van der Waals surface area contributed by atoms with Gasteiger partial charge in [-0.05, 0) is 18.1 Å². The van der Waals surface area contributed by atoms with Gasteiger partial charge in [0, 0.05) is 6.20 Å². The Morgan fingerprint density at radius 3 is 2.64 bits per heavy atom. The molecule has 0 aliphatic rings. The van der Waals surface area contributed by atoms with E-state index in [1.165, 1.54) is 18.3 Å². The minimum Gasteiger partial charge on any atom is -0.481 e. The molecule has 1 heterocycles. The first-order chi connectivity index (χ1) is 6.54. The van der Waals surface area contributed by atoms with Crippen LogP contribution in [0.2, 0.25) is 0 Å². The van der Waals surface area contributed by atoms with E-state index in [4.69, 9.17) is 5.11 Å². The molecule has 0 fully saturated rings. The maximum absolute atomic E-state index is 13.2. The zero-order chi connectivity index (χ0) is 10.7. The molecule has 1 unspecified atom stereocenters. The highest BCUT2D eigenvalue weighted by Crippen LogP contribution is 2.24. The molecule has 0 saturated carbocycles. The predicted octanol–water partition coefficient (Wildman–Crippen LogP) is 2.04. The number of carboxylic acid groups (broad SMARTS) is 1. The van der Waals surface area contributed by atoms with Crippen LogP contribution in [0.25, 0.3) is 0 Å². The van der Waals surface area contributed by atoms with Gasteiger partial charge in [0.15, 0.2) is 0 Å². The van der Waals surface area contributed by atoms with E-state index < -0.39 is 17.7 Å². The summed E-state index contributed by atoms with van der Waals surface area (Å²) in [5.74, 6) is -2.67. The Morgan fingerprint density at radius 2 is 2.21 bits per heavy atom. The molecule has 0 radical (unpaired) electrons. The number of carbonyl (C=O) groups is 1.